The number of nitrogens with zero attached hydrogens (tertiary/aromatic N) is 2. The van der Waals surface area contributed by atoms with E-state index in [2.05, 4.69) is 5.32 Å². The summed E-state index contributed by atoms with van der Waals surface area (Å²) in [4.78, 5) is 16.0. The fourth-order valence-electron chi connectivity index (χ4n) is 3.46. The molecule has 134 valence electrons. The first-order chi connectivity index (χ1) is 10.8. The molecule has 1 atom stereocenters. The molecule has 0 aromatic carbocycles. The van der Waals surface area contributed by atoms with Crippen molar-refractivity contribution in [2.45, 2.75) is 32.0 Å². The van der Waals surface area contributed by atoms with E-state index in [1.807, 2.05) is 0 Å². The smallest absolute Gasteiger partial charge is 0.384 e. The molecule has 0 saturated carbocycles. The minimum atomic E-state index is -4.22. The Labute approximate surface area is 135 Å². The number of piperidine rings is 1. The van der Waals surface area contributed by atoms with Gasteiger partial charge in [-0.15, -0.1) is 0 Å². The van der Waals surface area contributed by atoms with Crippen molar-refractivity contribution in [3.05, 3.63) is 0 Å². The molecule has 5 nitrogen and oxygen atoms in total. The van der Waals surface area contributed by atoms with Crippen molar-refractivity contribution < 1.29 is 22.7 Å². The summed E-state index contributed by atoms with van der Waals surface area (Å²) in [6, 6.07) is -1.47. The number of rotatable bonds is 4. The maximum atomic E-state index is 12.9. The molecule has 0 radical (unpaired) electrons. The van der Waals surface area contributed by atoms with Gasteiger partial charge in [-0.1, -0.05) is 0 Å². The van der Waals surface area contributed by atoms with Gasteiger partial charge in [0.2, 0.25) is 5.91 Å². The average molecular weight is 337 g/mol. The van der Waals surface area contributed by atoms with E-state index in [0.717, 1.165) is 13.1 Å². The van der Waals surface area contributed by atoms with E-state index in [-0.39, 0.29) is 19.0 Å². The summed E-state index contributed by atoms with van der Waals surface area (Å²) in [6.07, 6.45) is -2.81. The quantitative estimate of drug-likeness (QED) is 0.834. The number of piperazine rings is 1. The SMILES string of the molecule is COCC1(C(=O)N2CCN(C(C)C(F)(F)F)CC2)CCNCC1. The van der Waals surface area contributed by atoms with Crippen LogP contribution in [0.5, 0.6) is 0 Å². The molecule has 0 aromatic rings. The second kappa shape index (κ2) is 7.36. The number of nitrogens with one attached hydrogen (secondary N) is 1. The minimum Gasteiger partial charge on any atom is -0.384 e. The molecule has 2 heterocycles. The van der Waals surface area contributed by atoms with Crippen LogP contribution in [0.2, 0.25) is 0 Å². The molecule has 1 unspecified atom stereocenters. The lowest BCUT2D eigenvalue weighted by Gasteiger charge is -2.44. The van der Waals surface area contributed by atoms with E-state index in [0.29, 0.717) is 32.5 Å². The number of hydrogen-bond donors (Lipinski definition) is 1. The first kappa shape index (κ1) is 18.5. The van der Waals surface area contributed by atoms with Crippen molar-refractivity contribution in [3.63, 3.8) is 0 Å². The molecule has 2 fully saturated rings. The van der Waals surface area contributed by atoms with Gasteiger partial charge < -0.3 is 15.0 Å². The van der Waals surface area contributed by atoms with Gasteiger partial charge in [0.25, 0.3) is 0 Å². The molecule has 0 aliphatic carbocycles. The molecule has 0 aromatic heterocycles. The van der Waals surface area contributed by atoms with Crippen LogP contribution in [0.3, 0.4) is 0 Å². The molecule has 1 amide bonds. The number of hydrogen-bond acceptors (Lipinski definition) is 4. The third-order valence-corrected chi connectivity index (χ3v) is 5.06. The molecule has 2 aliphatic rings. The Kier molecular flexibility index (Phi) is 5.91. The monoisotopic (exact) mass is 337 g/mol. The third kappa shape index (κ3) is 4.16. The van der Waals surface area contributed by atoms with Crippen LogP contribution >= 0.6 is 0 Å². The number of carbonyl (C=O) groups excluding carboxylic acids is 1. The lowest BCUT2D eigenvalue weighted by Crippen LogP contribution is -2.59. The fourth-order valence-corrected chi connectivity index (χ4v) is 3.46. The van der Waals surface area contributed by atoms with Crippen molar-refractivity contribution >= 4 is 5.91 Å². The van der Waals surface area contributed by atoms with Crippen molar-refractivity contribution in [2.75, 3.05) is 53.0 Å². The Morgan fingerprint density at radius 3 is 2.26 bits per heavy atom. The van der Waals surface area contributed by atoms with E-state index < -0.39 is 17.6 Å². The van der Waals surface area contributed by atoms with Crippen molar-refractivity contribution in [1.29, 1.82) is 0 Å². The maximum absolute atomic E-state index is 12.9. The van der Waals surface area contributed by atoms with E-state index in [1.165, 1.54) is 11.8 Å². The number of alkyl halides is 3. The van der Waals surface area contributed by atoms with E-state index in [9.17, 15) is 18.0 Å². The summed E-state index contributed by atoms with van der Waals surface area (Å²) in [5.41, 5.74) is -0.530. The molecular weight excluding hydrogens is 311 g/mol. The van der Waals surface area contributed by atoms with E-state index >= 15 is 0 Å². The Morgan fingerprint density at radius 2 is 1.78 bits per heavy atom. The van der Waals surface area contributed by atoms with Crippen LogP contribution in [-0.4, -0.2) is 80.9 Å². The second-order valence-corrected chi connectivity index (χ2v) is 6.51. The van der Waals surface area contributed by atoms with E-state index in [1.54, 1.807) is 12.0 Å². The average Bonchev–Trinajstić information content (AvgIpc) is 2.54. The molecular formula is C15H26F3N3O2. The Balaban J connectivity index is 1.97. The summed E-state index contributed by atoms with van der Waals surface area (Å²) in [5, 5.41) is 3.23. The molecule has 1 N–H and O–H groups in total. The summed E-state index contributed by atoms with van der Waals surface area (Å²) < 4.78 is 43.7. The predicted molar refractivity (Wildman–Crippen MR) is 80.1 cm³/mol. The summed E-state index contributed by atoms with van der Waals surface area (Å²) in [6.45, 7) is 4.28. The summed E-state index contributed by atoms with van der Waals surface area (Å²) in [5.74, 6) is 0.0279. The highest BCUT2D eigenvalue weighted by atomic mass is 19.4. The number of methoxy groups -OCH3 is 1. The van der Waals surface area contributed by atoms with Gasteiger partial charge in [-0.2, -0.15) is 13.2 Å². The van der Waals surface area contributed by atoms with Crippen molar-refractivity contribution in [1.82, 2.24) is 15.1 Å². The van der Waals surface area contributed by atoms with Crippen molar-refractivity contribution in [3.8, 4) is 0 Å². The molecule has 2 rings (SSSR count). The first-order valence-corrected chi connectivity index (χ1v) is 8.10. The number of ether oxygens (including phenoxy) is 1. The van der Waals surface area contributed by atoms with Gasteiger partial charge in [0.1, 0.15) is 6.04 Å². The zero-order chi connectivity index (χ0) is 17.1. The molecule has 8 heteroatoms. The van der Waals surface area contributed by atoms with Gasteiger partial charge >= 0.3 is 6.18 Å². The number of carbonyl (C=O) groups is 1. The van der Waals surface area contributed by atoms with Gasteiger partial charge in [-0.25, -0.2) is 0 Å². The van der Waals surface area contributed by atoms with Crippen molar-refractivity contribution in [2.24, 2.45) is 5.41 Å². The highest BCUT2D eigenvalue weighted by molar-refractivity contribution is 5.83. The summed E-state index contributed by atoms with van der Waals surface area (Å²) >= 11 is 0. The van der Waals surface area contributed by atoms with Gasteiger partial charge in [0.15, 0.2) is 0 Å². The van der Waals surface area contributed by atoms with Gasteiger partial charge in [-0.3, -0.25) is 9.69 Å². The van der Waals surface area contributed by atoms with Crippen LogP contribution in [0, 0.1) is 5.41 Å². The summed E-state index contributed by atoms with van der Waals surface area (Å²) in [7, 11) is 1.58. The number of halogens is 3. The fraction of sp³-hybridized carbons (Fsp3) is 0.933. The van der Waals surface area contributed by atoms with Crippen LogP contribution < -0.4 is 5.32 Å². The van der Waals surface area contributed by atoms with Crippen LogP contribution in [-0.2, 0) is 9.53 Å². The predicted octanol–water partition coefficient (Wildman–Crippen LogP) is 1.10. The van der Waals surface area contributed by atoms with Gasteiger partial charge in [-0.05, 0) is 32.9 Å². The lowest BCUT2D eigenvalue weighted by molar-refractivity contribution is -0.184. The van der Waals surface area contributed by atoms with Gasteiger partial charge in [0, 0.05) is 33.3 Å². The lowest BCUT2D eigenvalue weighted by atomic mass is 9.78. The normalized spacial score (nSPS) is 24.5. The minimum absolute atomic E-state index is 0.0279. The van der Waals surface area contributed by atoms with Crippen LogP contribution in [0.25, 0.3) is 0 Å². The molecule has 0 spiro atoms. The first-order valence-electron chi connectivity index (χ1n) is 8.10. The molecule has 23 heavy (non-hydrogen) atoms. The molecule has 2 aliphatic heterocycles. The van der Waals surface area contributed by atoms with Crippen LogP contribution in [0.15, 0.2) is 0 Å². The zero-order valence-electron chi connectivity index (χ0n) is 13.8. The second-order valence-electron chi connectivity index (χ2n) is 6.51. The Morgan fingerprint density at radius 1 is 1.22 bits per heavy atom. The van der Waals surface area contributed by atoms with Crippen LogP contribution in [0.1, 0.15) is 19.8 Å². The number of amides is 1. The Bertz CT molecular complexity index is 398. The Hall–Kier alpha value is -0.860. The molecule has 0 bridgehead atoms. The molecule has 2 saturated heterocycles. The third-order valence-electron chi connectivity index (χ3n) is 5.06. The van der Waals surface area contributed by atoms with Gasteiger partial charge in [0.05, 0.1) is 12.0 Å². The van der Waals surface area contributed by atoms with E-state index in [4.69, 9.17) is 4.74 Å². The largest absolute Gasteiger partial charge is 0.403 e. The maximum Gasteiger partial charge on any atom is 0.403 e. The zero-order valence-corrected chi connectivity index (χ0v) is 13.8. The highest BCUT2D eigenvalue weighted by Crippen LogP contribution is 2.32. The topological polar surface area (TPSA) is 44.8 Å². The highest BCUT2D eigenvalue weighted by Gasteiger charge is 2.45. The van der Waals surface area contributed by atoms with Crippen LogP contribution in [0.4, 0.5) is 13.2 Å². The standard InChI is InChI=1S/C15H26F3N3O2/c1-12(15(16,17)18)20-7-9-21(10-8-20)13(22)14(11-23-2)3-5-19-6-4-14/h12,19H,3-11H2,1-2H3.